The summed E-state index contributed by atoms with van der Waals surface area (Å²) in [5.74, 6) is -0.425. The first-order chi connectivity index (χ1) is 9.04. The van der Waals surface area contributed by atoms with Crippen molar-refractivity contribution in [1.82, 2.24) is 10.6 Å². The summed E-state index contributed by atoms with van der Waals surface area (Å²) in [7, 11) is 0. The van der Waals surface area contributed by atoms with Gasteiger partial charge in [0.1, 0.15) is 0 Å². The van der Waals surface area contributed by atoms with Crippen molar-refractivity contribution >= 4 is 23.2 Å². The van der Waals surface area contributed by atoms with Crippen molar-refractivity contribution in [3.63, 3.8) is 0 Å². The summed E-state index contributed by atoms with van der Waals surface area (Å²) >= 11 is 1.43. The summed E-state index contributed by atoms with van der Waals surface area (Å²) in [4.78, 5) is 23.1. The number of thiophene rings is 1. The van der Waals surface area contributed by atoms with E-state index in [-0.39, 0.29) is 30.8 Å². The Balaban J connectivity index is 2.23. The number of aliphatic hydroxyl groups excluding tert-OH is 1. The molecule has 6 heteroatoms. The van der Waals surface area contributed by atoms with Crippen LogP contribution in [-0.4, -0.2) is 36.1 Å². The summed E-state index contributed by atoms with van der Waals surface area (Å²) in [5, 5.41) is 18.3. The quantitative estimate of drug-likeness (QED) is 0.699. The first-order valence-corrected chi connectivity index (χ1v) is 7.24. The molecule has 1 aromatic rings. The molecule has 0 aliphatic rings. The van der Waals surface area contributed by atoms with Crippen LogP contribution in [0.1, 0.15) is 30.6 Å². The van der Waals surface area contributed by atoms with Crippen LogP contribution in [0.5, 0.6) is 0 Å². The number of hydrogen-bond donors (Lipinski definition) is 3. The minimum absolute atomic E-state index is 0.0814. The Hall–Kier alpha value is -1.40. The molecule has 0 fully saturated rings. The van der Waals surface area contributed by atoms with Gasteiger partial charge in [0, 0.05) is 17.5 Å². The van der Waals surface area contributed by atoms with Crippen molar-refractivity contribution in [1.29, 1.82) is 0 Å². The number of amides is 2. The van der Waals surface area contributed by atoms with E-state index < -0.39 is 6.10 Å². The van der Waals surface area contributed by atoms with E-state index in [1.54, 1.807) is 16.8 Å². The van der Waals surface area contributed by atoms with E-state index in [1.807, 2.05) is 13.8 Å². The molecule has 0 bridgehead atoms. The molecule has 1 aromatic heterocycles. The Morgan fingerprint density at radius 1 is 1.42 bits per heavy atom. The Labute approximate surface area is 117 Å². The predicted octanol–water partition coefficient (Wildman–Crippen LogP) is 1.00. The minimum Gasteiger partial charge on any atom is -0.391 e. The van der Waals surface area contributed by atoms with Gasteiger partial charge >= 0.3 is 0 Å². The molecule has 106 valence electrons. The number of nitrogens with one attached hydrogen (secondary N) is 2. The molecular weight excluding hydrogens is 264 g/mol. The molecule has 0 aliphatic heterocycles. The number of carbonyl (C=O) groups excluding carboxylic acids is 2. The molecule has 2 atom stereocenters. The Morgan fingerprint density at radius 3 is 2.74 bits per heavy atom. The highest BCUT2D eigenvalue weighted by atomic mass is 32.1. The largest absolute Gasteiger partial charge is 0.391 e. The fraction of sp³-hybridized carbons (Fsp3) is 0.538. The molecule has 1 heterocycles. The molecule has 3 N–H and O–H groups in total. The molecule has 0 saturated heterocycles. The Morgan fingerprint density at radius 2 is 2.16 bits per heavy atom. The smallest absolute Gasteiger partial charge is 0.252 e. The van der Waals surface area contributed by atoms with E-state index in [0.717, 1.165) is 6.42 Å². The molecular formula is C13H20N2O3S. The van der Waals surface area contributed by atoms with Crippen LogP contribution in [0.4, 0.5) is 0 Å². The maximum Gasteiger partial charge on any atom is 0.252 e. The van der Waals surface area contributed by atoms with Crippen LogP contribution in [0, 0.1) is 5.92 Å². The summed E-state index contributed by atoms with van der Waals surface area (Å²) in [6, 6.07) is 1.70. The van der Waals surface area contributed by atoms with Crippen LogP contribution < -0.4 is 10.6 Å². The molecule has 1 rings (SSSR count). The second-order valence-corrected chi connectivity index (χ2v) is 5.23. The van der Waals surface area contributed by atoms with Crippen LogP contribution in [0.2, 0.25) is 0 Å². The Kier molecular flexibility index (Phi) is 6.52. The molecule has 0 aromatic carbocycles. The lowest BCUT2D eigenvalue weighted by molar-refractivity contribution is -0.120. The van der Waals surface area contributed by atoms with Crippen LogP contribution in [0.25, 0.3) is 0 Å². The molecule has 5 nitrogen and oxygen atoms in total. The average molecular weight is 284 g/mol. The average Bonchev–Trinajstić information content (AvgIpc) is 2.95. The number of aliphatic hydroxyl groups is 1. The molecule has 0 saturated carbocycles. The highest BCUT2D eigenvalue weighted by Gasteiger charge is 2.14. The van der Waals surface area contributed by atoms with Gasteiger partial charge in [-0.25, -0.2) is 0 Å². The van der Waals surface area contributed by atoms with Crippen LogP contribution in [0.3, 0.4) is 0 Å². The number of hydrogen-bond acceptors (Lipinski definition) is 4. The second kappa shape index (κ2) is 7.91. The zero-order valence-corrected chi connectivity index (χ0v) is 12.0. The van der Waals surface area contributed by atoms with Crippen molar-refractivity contribution < 1.29 is 14.7 Å². The first-order valence-electron chi connectivity index (χ1n) is 6.29. The first kappa shape index (κ1) is 15.7. The van der Waals surface area contributed by atoms with Crippen molar-refractivity contribution in [2.75, 3.05) is 13.1 Å². The fourth-order valence-electron chi connectivity index (χ4n) is 1.41. The van der Waals surface area contributed by atoms with E-state index in [2.05, 4.69) is 10.6 Å². The zero-order chi connectivity index (χ0) is 14.3. The highest BCUT2D eigenvalue weighted by molar-refractivity contribution is 7.08. The summed E-state index contributed by atoms with van der Waals surface area (Å²) in [6.07, 6.45) is 0.299. The lowest BCUT2D eigenvalue weighted by Crippen LogP contribution is -2.41. The molecule has 0 spiro atoms. The van der Waals surface area contributed by atoms with Gasteiger partial charge in [0.05, 0.1) is 12.6 Å². The topological polar surface area (TPSA) is 78.4 Å². The van der Waals surface area contributed by atoms with Crippen molar-refractivity contribution in [3.05, 3.63) is 22.4 Å². The van der Waals surface area contributed by atoms with Crippen molar-refractivity contribution in [2.45, 2.75) is 26.4 Å². The molecule has 0 radical (unpaired) electrons. The van der Waals surface area contributed by atoms with Crippen LogP contribution >= 0.6 is 11.3 Å². The third-order valence-corrected chi connectivity index (χ3v) is 3.69. The van der Waals surface area contributed by atoms with Gasteiger partial charge in [-0.05, 0) is 17.4 Å². The van der Waals surface area contributed by atoms with Crippen LogP contribution in [0.15, 0.2) is 16.8 Å². The number of carbonyl (C=O) groups is 2. The Bertz CT molecular complexity index is 406. The van der Waals surface area contributed by atoms with Gasteiger partial charge < -0.3 is 15.7 Å². The maximum absolute atomic E-state index is 11.6. The van der Waals surface area contributed by atoms with Gasteiger partial charge in [0.2, 0.25) is 5.91 Å². The van der Waals surface area contributed by atoms with E-state index in [0.29, 0.717) is 5.56 Å². The van der Waals surface area contributed by atoms with E-state index in [1.165, 1.54) is 11.3 Å². The summed E-state index contributed by atoms with van der Waals surface area (Å²) in [6.45, 7) is 4.04. The SMILES string of the molecule is CCC(C)C(O)CNC(=O)CNC(=O)c1ccsc1. The van der Waals surface area contributed by atoms with Gasteiger partial charge in [-0.1, -0.05) is 20.3 Å². The minimum atomic E-state index is -0.554. The maximum atomic E-state index is 11.6. The third-order valence-electron chi connectivity index (χ3n) is 3.00. The van der Waals surface area contributed by atoms with E-state index in [4.69, 9.17) is 0 Å². The lowest BCUT2D eigenvalue weighted by Gasteiger charge is -2.17. The molecule has 19 heavy (non-hydrogen) atoms. The monoisotopic (exact) mass is 284 g/mol. The third kappa shape index (κ3) is 5.40. The molecule has 2 unspecified atom stereocenters. The fourth-order valence-corrected chi connectivity index (χ4v) is 2.05. The summed E-state index contributed by atoms with van der Waals surface area (Å²) < 4.78 is 0. The molecule has 2 amide bonds. The van der Waals surface area contributed by atoms with Gasteiger partial charge in [-0.15, -0.1) is 0 Å². The van der Waals surface area contributed by atoms with Crippen molar-refractivity contribution in [2.24, 2.45) is 5.92 Å². The van der Waals surface area contributed by atoms with Crippen molar-refractivity contribution in [3.8, 4) is 0 Å². The van der Waals surface area contributed by atoms with Gasteiger partial charge in [0.15, 0.2) is 0 Å². The molecule has 0 aliphatic carbocycles. The van der Waals surface area contributed by atoms with Gasteiger partial charge in [-0.2, -0.15) is 11.3 Å². The standard InChI is InChI=1S/C13H20N2O3S/c1-3-9(2)11(16)6-14-12(17)7-15-13(18)10-4-5-19-8-10/h4-5,8-9,11,16H,3,6-7H2,1-2H3,(H,14,17)(H,15,18). The zero-order valence-electron chi connectivity index (χ0n) is 11.2. The summed E-state index contributed by atoms with van der Waals surface area (Å²) in [5.41, 5.74) is 0.553. The highest BCUT2D eigenvalue weighted by Crippen LogP contribution is 2.06. The normalized spacial score (nSPS) is 13.6. The second-order valence-electron chi connectivity index (χ2n) is 4.45. The van der Waals surface area contributed by atoms with E-state index in [9.17, 15) is 14.7 Å². The van der Waals surface area contributed by atoms with Gasteiger partial charge in [0.25, 0.3) is 5.91 Å². The van der Waals surface area contributed by atoms with Crippen LogP contribution in [-0.2, 0) is 4.79 Å². The van der Waals surface area contributed by atoms with Gasteiger partial charge in [-0.3, -0.25) is 9.59 Å². The lowest BCUT2D eigenvalue weighted by atomic mass is 10.0. The van der Waals surface area contributed by atoms with E-state index >= 15 is 0 Å². The predicted molar refractivity (Wildman–Crippen MR) is 75.1 cm³/mol. The number of rotatable bonds is 7.